The molecular weight excluding hydrogens is 256 g/mol. The first-order valence-electron chi connectivity index (χ1n) is 6.45. The fraction of sp³-hybridized carbons (Fsp3) is 0.500. The van der Waals surface area contributed by atoms with Crippen LogP contribution in [-0.4, -0.2) is 60.3 Å². The normalized spacial score (nSPS) is 12.1. The Kier molecular flexibility index (Phi) is 5.64. The first-order chi connectivity index (χ1) is 9.31. The molecule has 0 fully saturated rings. The maximum atomic E-state index is 11.9. The van der Waals surface area contributed by atoms with E-state index in [2.05, 4.69) is 10.3 Å². The number of pyridine rings is 1. The van der Waals surface area contributed by atoms with E-state index in [0.717, 1.165) is 5.56 Å². The van der Waals surface area contributed by atoms with Gasteiger partial charge >= 0.3 is 0 Å². The number of aromatic nitrogens is 1. The summed E-state index contributed by atoms with van der Waals surface area (Å²) in [4.78, 5) is 31.0. The van der Waals surface area contributed by atoms with E-state index in [1.165, 1.54) is 4.90 Å². The van der Waals surface area contributed by atoms with Crippen molar-refractivity contribution in [2.45, 2.75) is 19.9 Å². The molecule has 0 aliphatic carbocycles. The van der Waals surface area contributed by atoms with Crippen LogP contribution in [-0.2, 0) is 9.59 Å². The SMILES string of the molecule is Cc1ccnc(NC(=O)CN(C)[C@H](C)C(=O)N(C)C)c1. The van der Waals surface area contributed by atoms with Crippen molar-refractivity contribution in [3.63, 3.8) is 0 Å². The van der Waals surface area contributed by atoms with Crippen molar-refractivity contribution in [1.82, 2.24) is 14.8 Å². The summed E-state index contributed by atoms with van der Waals surface area (Å²) in [5.74, 6) is 0.299. The number of anilines is 1. The highest BCUT2D eigenvalue weighted by atomic mass is 16.2. The van der Waals surface area contributed by atoms with Crippen molar-refractivity contribution in [2.24, 2.45) is 0 Å². The van der Waals surface area contributed by atoms with Crippen molar-refractivity contribution in [2.75, 3.05) is 33.0 Å². The van der Waals surface area contributed by atoms with E-state index in [0.29, 0.717) is 5.82 Å². The zero-order valence-corrected chi connectivity index (χ0v) is 12.7. The van der Waals surface area contributed by atoms with Crippen LogP contribution < -0.4 is 5.32 Å². The molecule has 1 N–H and O–H groups in total. The van der Waals surface area contributed by atoms with E-state index >= 15 is 0 Å². The number of carbonyl (C=O) groups is 2. The molecule has 110 valence electrons. The molecule has 0 saturated carbocycles. The molecule has 0 aliphatic rings. The fourth-order valence-corrected chi connectivity index (χ4v) is 1.71. The third-order valence-corrected chi connectivity index (χ3v) is 3.04. The Labute approximate surface area is 119 Å². The number of hydrogen-bond donors (Lipinski definition) is 1. The van der Waals surface area contributed by atoms with Crippen LogP contribution in [0.1, 0.15) is 12.5 Å². The average Bonchev–Trinajstić information content (AvgIpc) is 2.36. The molecule has 0 aromatic carbocycles. The highest BCUT2D eigenvalue weighted by Crippen LogP contribution is 2.06. The summed E-state index contributed by atoms with van der Waals surface area (Å²) in [7, 11) is 5.14. The third-order valence-electron chi connectivity index (χ3n) is 3.04. The van der Waals surface area contributed by atoms with Crippen LogP contribution in [0.4, 0.5) is 5.82 Å². The van der Waals surface area contributed by atoms with Gasteiger partial charge in [-0.3, -0.25) is 14.5 Å². The predicted octanol–water partition coefficient (Wildman–Crippen LogP) is 0.737. The molecule has 0 aliphatic heterocycles. The Bertz CT molecular complexity index is 488. The van der Waals surface area contributed by atoms with Crippen LogP contribution in [0.3, 0.4) is 0 Å². The van der Waals surface area contributed by atoms with Gasteiger partial charge in [-0.1, -0.05) is 0 Å². The van der Waals surface area contributed by atoms with Crippen LogP contribution in [0.25, 0.3) is 0 Å². The van der Waals surface area contributed by atoms with Gasteiger partial charge in [0.05, 0.1) is 12.6 Å². The highest BCUT2D eigenvalue weighted by molar-refractivity contribution is 5.92. The summed E-state index contributed by atoms with van der Waals surface area (Å²) in [6.45, 7) is 3.85. The van der Waals surface area contributed by atoms with Gasteiger partial charge in [0.15, 0.2) is 0 Å². The van der Waals surface area contributed by atoms with E-state index in [9.17, 15) is 9.59 Å². The number of aryl methyl sites for hydroxylation is 1. The van der Waals surface area contributed by atoms with Gasteiger partial charge in [-0.05, 0) is 38.6 Å². The second-order valence-corrected chi connectivity index (χ2v) is 5.09. The van der Waals surface area contributed by atoms with Crippen LogP contribution in [0.2, 0.25) is 0 Å². The Morgan fingerprint density at radius 1 is 1.35 bits per heavy atom. The molecule has 1 aromatic rings. The molecule has 6 nitrogen and oxygen atoms in total. The van der Waals surface area contributed by atoms with Crippen molar-refractivity contribution in [3.05, 3.63) is 23.9 Å². The van der Waals surface area contributed by atoms with E-state index in [4.69, 9.17) is 0 Å². The minimum absolute atomic E-state index is 0.0334. The molecule has 0 unspecified atom stereocenters. The van der Waals surface area contributed by atoms with E-state index in [1.807, 2.05) is 13.0 Å². The number of carbonyl (C=O) groups excluding carboxylic acids is 2. The first kappa shape index (κ1) is 16.1. The predicted molar refractivity (Wildman–Crippen MR) is 78.4 cm³/mol. The monoisotopic (exact) mass is 278 g/mol. The molecule has 0 spiro atoms. The summed E-state index contributed by atoms with van der Waals surface area (Å²) in [5.41, 5.74) is 1.03. The quantitative estimate of drug-likeness (QED) is 0.862. The topological polar surface area (TPSA) is 65.5 Å². The fourth-order valence-electron chi connectivity index (χ4n) is 1.71. The second kappa shape index (κ2) is 7.00. The molecular formula is C14H22N4O2. The largest absolute Gasteiger partial charge is 0.347 e. The van der Waals surface area contributed by atoms with Crippen LogP contribution >= 0.6 is 0 Å². The zero-order valence-electron chi connectivity index (χ0n) is 12.7. The molecule has 1 atom stereocenters. The van der Waals surface area contributed by atoms with Crippen molar-refractivity contribution < 1.29 is 9.59 Å². The summed E-state index contributed by atoms with van der Waals surface area (Å²) in [5, 5.41) is 2.72. The smallest absolute Gasteiger partial charge is 0.239 e. The van der Waals surface area contributed by atoms with Gasteiger partial charge in [-0.15, -0.1) is 0 Å². The van der Waals surface area contributed by atoms with Gasteiger partial charge in [0.25, 0.3) is 0 Å². The number of likely N-dealkylation sites (N-methyl/N-ethyl adjacent to an activating group) is 2. The number of nitrogens with zero attached hydrogens (tertiary/aromatic N) is 3. The number of hydrogen-bond acceptors (Lipinski definition) is 4. The van der Waals surface area contributed by atoms with Gasteiger partial charge < -0.3 is 10.2 Å². The first-order valence-corrected chi connectivity index (χ1v) is 6.45. The molecule has 1 heterocycles. The Morgan fingerprint density at radius 2 is 2.00 bits per heavy atom. The molecule has 0 saturated heterocycles. The van der Waals surface area contributed by atoms with Crippen LogP contribution in [0.5, 0.6) is 0 Å². The molecule has 1 rings (SSSR count). The average molecular weight is 278 g/mol. The van der Waals surface area contributed by atoms with Gasteiger partial charge in [-0.25, -0.2) is 4.98 Å². The maximum Gasteiger partial charge on any atom is 0.239 e. The Hall–Kier alpha value is -1.95. The van der Waals surface area contributed by atoms with E-state index in [-0.39, 0.29) is 24.4 Å². The lowest BCUT2D eigenvalue weighted by molar-refractivity contribution is -0.133. The zero-order chi connectivity index (χ0) is 15.3. The van der Waals surface area contributed by atoms with Gasteiger partial charge in [0.2, 0.25) is 11.8 Å². The second-order valence-electron chi connectivity index (χ2n) is 5.09. The lowest BCUT2D eigenvalue weighted by atomic mass is 10.2. The third kappa shape index (κ3) is 4.62. The Morgan fingerprint density at radius 3 is 2.55 bits per heavy atom. The molecule has 20 heavy (non-hydrogen) atoms. The lowest BCUT2D eigenvalue weighted by Gasteiger charge is -2.25. The van der Waals surface area contributed by atoms with E-state index < -0.39 is 0 Å². The van der Waals surface area contributed by atoms with Crippen LogP contribution in [0.15, 0.2) is 18.3 Å². The summed E-state index contributed by atoms with van der Waals surface area (Å²) < 4.78 is 0. The summed E-state index contributed by atoms with van der Waals surface area (Å²) in [6.07, 6.45) is 1.65. The van der Waals surface area contributed by atoms with Gasteiger partial charge in [0, 0.05) is 20.3 Å². The molecule has 6 heteroatoms. The van der Waals surface area contributed by atoms with Crippen molar-refractivity contribution >= 4 is 17.6 Å². The molecule has 2 amide bonds. The number of amides is 2. The van der Waals surface area contributed by atoms with Gasteiger partial charge in [-0.2, -0.15) is 0 Å². The van der Waals surface area contributed by atoms with Crippen LogP contribution in [0, 0.1) is 6.92 Å². The summed E-state index contributed by atoms with van der Waals surface area (Å²) in [6, 6.07) is 3.31. The minimum atomic E-state index is -0.346. The highest BCUT2D eigenvalue weighted by Gasteiger charge is 2.21. The van der Waals surface area contributed by atoms with Crippen molar-refractivity contribution in [3.8, 4) is 0 Å². The van der Waals surface area contributed by atoms with Gasteiger partial charge in [0.1, 0.15) is 5.82 Å². The standard InChI is InChI=1S/C14H22N4O2/c1-10-6-7-15-12(8-10)16-13(19)9-18(5)11(2)14(20)17(3)4/h6-8,11H,9H2,1-5H3,(H,15,16,19)/t11-/m1/s1. The van der Waals surface area contributed by atoms with Crippen molar-refractivity contribution in [1.29, 1.82) is 0 Å². The molecule has 1 aromatic heterocycles. The van der Waals surface area contributed by atoms with E-state index in [1.54, 1.807) is 45.2 Å². The molecule has 0 bridgehead atoms. The maximum absolute atomic E-state index is 11.9. The molecule has 0 radical (unpaired) electrons. The number of nitrogens with one attached hydrogen (secondary N) is 1. The minimum Gasteiger partial charge on any atom is -0.347 e. The number of rotatable bonds is 5. The summed E-state index contributed by atoms with van der Waals surface area (Å²) >= 11 is 0. The Balaban J connectivity index is 2.56. The lowest BCUT2D eigenvalue weighted by Crippen LogP contribution is -2.45.